The van der Waals surface area contributed by atoms with Crippen molar-refractivity contribution in [2.45, 2.75) is 33.6 Å². The molecule has 0 aromatic heterocycles. The zero-order valence-corrected chi connectivity index (χ0v) is 27.4. The van der Waals surface area contributed by atoms with Gasteiger partial charge in [-0.2, -0.15) is 0 Å². The van der Waals surface area contributed by atoms with Gasteiger partial charge in [-0.1, -0.05) is 124 Å². The van der Waals surface area contributed by atoms with E-state index in [1.165, 1.54) is 28.8 Å². The van der Waals surface area contributed by atoms with Crippen LogP contribution < -0.4 is 40.7 Å². The fourth-order valence-corrected chi connectivity index (χ4v) is 7.01. The van der Waals surface area contributed by atoms with E-state index >= 15 is 0 Å². The molecule has 0 heterocycles. The Kier molecular flexibility index (Phi) is 12.2. The average Bonchev–Trinajstić information content (AvgIpc) is 3.12. The fraction of sp³-hybridized carbons (Fsp3) is 0.286. The molecule has 4 heteroatoms. The SMILES string of the molecule is CC12C=CC(CC1)C2(C)C.[Cl-].[Cl-].[Ra+2].c1ccc(P(c2ccccc2)c2ccccc2)cc1. The van der Waals surface area contributed by atoms with Crippen LogP contribution in [0.4, 0.5) is 0 Å². The van der Waals surface area contributed by atoms with Gasteiger partial charge in [-0.05, 0) is 53.4 Å². The predicted octanol–water partition coefficient (Wildman–Crippen LogP) is 0.452. The third-order valence-electron chi connectivity index (χ3n) is 7.11. The minimum absolute atomic E-state index is 0. The number of hydrogen-bond acceptors (Lipinski definition) is 0. The number of rotatable bonds is 3. The van der Waals surface area contributed by atoms with E-state index in [9.17, 15) is 0 Å². The van der Waals surface area contributed by atoms with Gasteiger partial charge < -0.3 is 24.8 Å². The Bertz CT molecular complexity index is 867. The summed E-state index contributed by atoms with van der Waals surface area (Å²) < 4.78 is 0. The molecule has 3 aromatic carbocycles. The van der Waals surface area contributed by atoms with Crippen LogP contribution in [0.5, 0.6) is 0 Å². The first-order chi connectivity index (χ1) is 14.0. The van der Waals surface area contributed by atoms with Gasteiger partial charge in [-0.25, -0.2) is 0 Å². The largest absolute Gasteiger partial charge is 2.00 e. The zero-order chi connectivity index (χ0) is 20.3. The Balaban J connectivity index is 0.000000338. The molecule has 0 aliphatic heterocycles. The smallest absolute Gasteiger partial charge is 1.00 e. The summed E-state index contributed by atoms with van der Waals surface area (Å²) in [5.41, 5.74) is 1.07. The second-order valence-corrected chi connectivity index (χ2v) is 11.2. The van der Waals surface area contributed by atoms with E-state index in [0.717, 1.165) is 5.92 Å². The third-order valence-corrected chi connectivity index (χ3v) is 9.56. The molecule has 0 nitrogen and oxygen atoms in total. The van der Waals surface area contributed by atoms with E-state index in [1.54, 1.807) is 0 Å². The molecule has 5 rings (SSSR count). The van der Waals surface area contributed by atoms with Crippen LogP contribution in [0.2, 0.25) is 0 Å². The number of hydrogen-bond donors (Lipinski definition) is 0. The average molecular weight is 695 g/mol. The van der Waals surface area contributed by atoms with Crippen molar-refractivity contribution < 1.29 is 69.8 Å². The van der Waals surface area contributed by atoms with Crippen LogP contribution in [0, 0.1) is 61.8 Å². The summed E-state index contributed by atoms with van der Waals surface area (Å²) >= 11 is 0. The van der Waals surface area contributed by atoms with Gasteiger partial charge in [0.1, 0.15) is 0 Å². The molecule has 2 unspecified atom stereocenters. The summed E-state index contributed by atoms with van der Waals surface area (Å²) in [4.78, 5) is 0. The monoisotopic (exact) mass is 694 g/mol. The van der Waals surface area contributed by atoms with E-state index < -0.39 is 7.92 Å². The van der Waals surface area contributed by atoms with Gasteiger partial charge in [0, 0.05) is 0 Å². The second-order valence-electron chi connectivity index (χ2n) is 8.99. The Labute approximate surface area is 244 Å². The molecular weight excluding hydrogens is 664 g/mol. The predicted molar refractivity (Wildman–Crippen MR) is 129 cm³/mol. The number of halogens is 2. The molecule has 2 aliphatic carbocycles. The summed E-state index contributed by atoms with van der Waals surface area (Å²) in [7, 11) is -0.446. The van der Waals surface area contributed by atoms with Gasteiger partial charge in [0.15, 0.2) is 0 Å². The third kappa shape index (κ3) is 6.30. The fourth-order valence-electron chi connectivity index (χ4n) is 4.70. The first-order valence-corrected chi connectivity index (χ1v) is 12.0. The first kappa shape index (κ1) is 29.9. The summed E-state index contributed by atoms with van der Waals surface area (Å²) in [6.45, 7) is 7.21. The molecule has 0 radical (unpaired) electrons. The van der Waals surface area contributed by atoms with E-state index in [-0.39, 0.29) is 69.8 Å². The Morgan fingerprint density at radius 3 is 1.22 bits per heavy atom. The van der Waals surface area contributed by atoms with Crippen LogP contribution in [-0.2, 0) is 0 Å². The van der Waals surface area contributed by atoms with Gasteiger partial charge in [0.25, 0.3) is 0 Å². The van der Waals surface area contributed by atoms with Crippen LogP contribution in [0.1, 0.15) is 33.6 Å². The quantitative estimate of drug-likeness (QED) is 0.276. The van der Waals surface area contributed by atoms with E-state index in [0.29, 0.717) is 10.8 Å². The van der Waals surface area contributed by atoms with E-state index in [1.807, 2.05) is 0 Å². The van der Waals surface area contributed by atoms with Crippen LogP contribution in [0.3, 0.4) is 0 Å². The molecule has 1 saturated carbocycles. The van der Waals surface area contributed by atoms with Crippen molar-refractivity contribution in [1.82, 2.24) is 0 Å². The van der Waals surface area contributed by atoms with Crippen molar-refractivity contribution in [3.63, 3.8) is 0 Å². The molecule has 2 atom stereocenters. The van der Waals surface area contributed by atoms with Crippen LogP contribution in [0.15, 0.2) is 103 Å². The molecular formula is C28H31Cl2PRa. The molecule has 2 aliphatic rings. The molecule has 1 fully saturated rings. The van der Waals surface area contributed by atoms with Crippen molar-refractivity contribution in [2.24, 2.45) is 16.7 Å². The van der Waals surface area contributed by atoms with Crippen molar-refractivity contribution in [3.8, 4) is 0 Å². The summed E-state index contributed by atoms with van der Waals surface area (Å²) in [5, 5.41) is 4.19. The van der Waals surface area contributed by atoms with Crippen molar-refractivity contribution >= 4 is 23.8 Å². The molecule has 0 saturated heterocycles. The van der Waals surface area contributed by atoms with E-state index in [2.05, 4.69) is 124 Å². The van der Waals surface area contributed by atoms with Gasteiger partial charge in [-0.3, -0.25) is 0 Å². The Morgan fingerprint density at radius 2 is 1.03 bits per heavy atom. The van der Waals surface area contributed by atoms with Gasteiger partial charge in [-0.15, -0.1) is 0 Å². The standard InChI is InChI=1S/C18H15P.C10H16.2ClH.Ra/c1-4-10-16(11-5-1)19(17-12-6-2-7-13-17)18-14-8-3-9-15-18;1-9(2)8-4-6-10(9,3)7-5-8;;;/h1-15H;4,6,8H,5,7H2,1-3H3;2*1H;/q;;;;+2/p-2. The Morgan fingerprint density at radius 1 is 0.656 bits per heavy atom. The molecule has 0 amide bonds. The van der Waals surface area contributed by atoms with Crippen LogP contribution in [-0.4, -0.2) is 0 Å². The molecule has 3 aromatic rings. The minimum Gasteiger partial charge on any atom is -1.00 e. The minimum atomic E-state index is -0.446. The molecule has 32 heavy (non-hydrogen) atoms. The maximum Gasteiger partial charge on any atom is 2.00 e. The summed E-state index contributed by atoms with van der Waals surface area (Å²) in [6.07, 6.45) is 7.67. The van der Waals surface area contributed by atoms with Crippen molar-refractivity contribution in [2.75, 3.05) is 0 Å². The molecule has 0 spiro atoms. The topological polar surface area (TPSA) is 0 Å². The number of fused-ring (bicyclic) bond motifs is 2. The Hall–Kier alpha value is -0.122. The second kappa shape index (κ2) is 13.1. The normalized spacial score (nSPS) is 21.4. The first-order valence-electron chi connectivity index (χ1n) is 10.7. The summed E-state index contributed by atoms with van der Waals surface area (Å²) in [5.74, 6) is 0.873. The van der Waals surface area contributed by atoms with E-state index in [4.69, 9.17) is 0 Å². The zero-order valence-electron chi connectivity index (χ0n) is 19.2. The van der Waals surface area contributed by atoms with Gasteiger partial charge in [0.2, 0.25) is 0 Å². The van der Waals surface area contributed by atoms with Gasteiger partial charge in [0.05, 0.1) is 0 Å². The number of allylic oxidation sites excluding steroid dienone is 2. The van der Waals surface area contributed by atoms with Crippen LogP contribution >= 0.6 is 7.92 Å². The molecule has 164 valence electrons. The summed E-state index contributed by atoms with van der Waals surface area (Å²) in [6, 6.07) is 32.3. The maximum absolute atomic E-state index is 2.43. The molecule has 0 N–H and O–H groups in total. The van der Waals surface area contributed by atoms with Crippen LogP contribution in [0.25, 0.3) is 0 Å². The molecule has 2 bridgehead atoms. The van der Waals surface area contributed by atoms with Crippen molar-refractivity contribution in [3.05, 3.63) is 103 Å². The van der Waals surface area contributed by atoms with Gasteiger partial charge >= 0.3 is 45.0 Å². The maximum atomic E-state index is 2.43. The van der Waals surface area contributed by atoms with Crippen molar-refractivity contribution in [1.29, 1.82) is 0 Å². The number of benzene rings is 3.